The van der Waals surface area contributed by atoms with Gasteiger partial charge in [-0.2, -0.15) is 5.10 Å². The van der Waals surface area contributed by atoms with E-state index in [1.807, 2.05) is 12.1 Å². The van der Waals surface area contributed by atoms with Crippen LogP contribution in [0.4, 0.5) is 0 Å². The number of H-pyrrole nitrogens is 1. The molecule has 21 heavy (non-hydrogen) atoms. The Morgan fingerprint density at radius 3 is 2.86 bits per heavy atom. The summed E-state index contributed by atoms with van der Waals surface area (Å²) in [5.74, 6) is 0. The quantitative estimate of drug-likeness (QED) is 0.512. The second-order valence-corrected chi connectivity index (χ2v) is 5.89. The Labute approximate surface area is 126 Å². The van der Waals surface area contributed by atoms with Crippen LogP contribution in [0.2, 0.25) is 5.02 Å². The van der Waals surface area contributed by atoms with Crippen molar-refractivity contribution in [3.63, 3.8) is 0 Å². The van der Waals surface area contributed by atoms with E-state index in [9.17, 15) is 0 Å². The van der Waals surface area contributed by atoms with Crippen molar-refractivity contribution in [3.8, 4) is 11.4 Å². The molecular weight excluding hydrogens is 282 g/mol. The van der Waals surface area contributed by atoms with E-state index >= 15 is 0 Å². The number of aromatic amines is 1. The standard InChI is InChI=1S/C17H12ClN3/c18-13-6-3-5-12-15(13)20-21-9-8-11-10-4-1-2-7-14(10)19-16(11)17(12)21/h1-7,19H,8-9H2. The molecule has 5 rings (SSSR count). The van der Waals surface area contributed by atoms with E-state index in [1.165, 1.54) is 22.2 Å². The van der Waals surface area contributed by atoms with Crippen LogP contribution in [0, 0.1) is 0 Å². The lowest BCUT2D eigenvalue weighted by molar-refractivity contribution is 0.614. The summed E-state index contributed by atoms with van der Waals surface area (Å²) in [6.45, 7) is 0.898. The first kappa shape index (κ1) is 11.4. The van der Waals surface area contributed by atoms with Crippen LogP contribution in [0.3, 0.4) is 0 Å². The summed E-state index contributed by atoms with van der Waals surface area (Å²) in [7, 11) is 0. The van der Waals surface area contributed by atoms with Crippen LogP contribution in [0.25, 0.3) is 33.2 Å². The number of aromatic nitrogens is 3. The second-order valence-electron chi connectivity index (χ2n) is 5.48. The van der Waals surface area contributed by atoms with Crippen LogP contribution in [-0.4, -0.2) is 14.8 Å². The van der Waals surface area contributed by atoms with E-state index in [-0.39, 0.29) is 0 Å². The lowest BCUT2D eigenvalue weighted by atomic mass is 10.0. The van der Waals surface area contributed by atoms with E-state index in [0.717, 1.165) is 29.6 Å². The molecule has 3 heterocycles. The number of hydrogen-bond donors (Lipinski definition) is 1. The first-order valence-corrected chi connectivity index (χ1v) is 7.46. The molecule has 102 valence electrons. The molecule has 1 N–H and O–H groups in total. The van der Waals surface area contributed by atoms with Gasteiger partial charge in [-0.25, -0.2) is 0 Å². The molecule has 0 fully saturated rings. The van der Waals surface area contributed by atoms with Gasteiger partial charge in [-0.15, -0.1) is 0 Å². The van der Waals surface area contributed by atoms with E-state index in [4.69, 9.17) is 11.6 Å². The van der Waals surface area contributed by atoms with Gasteiger partial charge in [-0.05, 0) is 24.1 Å². The highest BCUT2D eigenvalue weighted by Crippen LogP contribution is 2.39. The molecule has 1 aliphatic heterocycles. The summed E-state index contributed by atoms with van der Waals surface area (Å²) in [5.41, 5.74) is 5.81. The van der Waals surface area contributed by atoms with Gasteiger partial charge in [-0.3, -0.25) is 4.68 Å². The fourth-order valence-electron chi connectivity index (χ4n) is 3.42. The Balaban J connectivity index is 1.94. The van der Waals surface area contributed by atoms with Crippen molar-refractivity contribution in [2.75, 3.05) is 0 Å². The number of benzene rings is 2. The third kappa shape index (κ3) is 1.41. The van der Waals surface area contributed by atoms with Gasteiger partial charge in [0.2, 0.25) is 0 Å². The number of aryl methyl sites for hydroxylation is 2. The van der Waals surface area contributed by atoms with Crippen LogP contribution in [-0.2, 0) is 13.0 Å². The SMILES string of the molecule is Clc1cccc2c3n(nc12)CCc1c-3[nH]c2ccccc12. The lowest BCUT2D eigenvalue weighted by Crippen LogP contribution is -2.11. The number of halogens is 1. The molecule has 0 unspecified atom stereocenters. The smallest absolute Gasteiger partial charge is 0.112 e. The molecule has 0 atom stereocenters. The Bertz CT molecular complexity index is 1010. The molecule has 4 heteroatoms. The van der Waals surface area contributed by atoms with E-state index in [2.05, 4.69) is 45.1 Å². The van der Waals surface area contributed by atoms with Gasteiger partial charge in [0.05, 0.1) is 16.4 Å². The van der Waals surface area contributed by atoms with Gasteiger partial charge in [0.1, 0.15) is 5.52 Å². The van der Waals surface area contributed by atoms with E-state index < -0.39 is 0 Å². The molecule has 1 aliphatic rings. The molecule has 0 bridgehead atoms. The van der Waals surface area contributed by atoms with Crippen LogP contribution in [0.1, 0.15) is 5.56 Å². The average molecular weight is 294 g/mol. The summed E-state index contributed by atoms with van der Waals surface area (Å²) >= 11 is 6.30. The summed E-state index contributed by atoms with van der Waals surface area (Å²) in [4.78, 5) is 3.57. The van der Waals surface area contributed by atoms with Crippen LogP contribution in [0.15, 0.2) is 42.5 Å². The van der Waals surface area contributed by atoms with Crippen molar-refractivity contribution >= 4 is 33.4 Å². The molecule has 0 saturated heterocycles. The van der Waals surface area contributed by atoms with Crippen molar-refractivity contribution in [3.05, 3.63) is 53.1 Å². The third-order valence-corrected chi connectivity index (χ3v) is 4.65. The number of hydrogen-bond acceptors (Lipinski definition) is 1. The Morgan fingerprint density at radius 1 is 1.05 bits per heavy atom. The summed E-state index contributed by atoms with van der Waals surface area (Å²) < 4.78 is 2.08. The molecule has 2 aromatic carbocycles. The molecule has 0 saturated carbocycles. The van der Waals surface area contributed by atoms with Crippen molar-refractivity contribution in [2.45, 2.75) is 13.0 Å². The zero-order chi connectivity index (χ0) is 14.0. The molecular formula is C17H12ClN3. The number of nitrogens with one attached hydrogen (secondary N) is 1. The Morgan fingerprint density at radius 2 is 1.90 bits per heavy atom. The fraction of sp³-hybridized carbons (Fsp3) is 0.118. The second kappa shape index (κ2) is 3.89. The third-order valence-electron chi connectivity index (χ3n) is 4.34. The lowest BCUT2D eigenvalue weighted by Gasteiger charge is -2.14. The largest absolute Gasteiger partial charge is 0.353 e. The summed E-state index contributed by atoms with van der Waals surface area (Å²) in [6.07, 6.45) is 0.998. The van der Waals surface area contributed by atoms with Gasteiger partial charge in [0.15, 0.2) is 0 Å². The highest BCUT2D eigenvalue weighted by molar-refractivity contribution is 6.35. The monoisotopic (exact) mass is 293 g/mol. The maximum absolute atomic E-state index is 6.30. The van der Waals surface area contributed by atoms with Gasteiger partial charge in [-0.1, -0.05) is 41.9 Å². The minimum atomic E-state index is 0.715. The minimum Gasteiger partial charge on any atom is -0.353 e. The van der Waals surface area contributed by atoms with Gasteiger partial charge in [0.25, 0.3) is 0 Å². The highest BCUT2D eigenvalue weighted by atomic mass is 35.5. The molecule has 3 nitrogen and oxygen atoms in total. The first-order chi connectivity index (χ1) is 10.3. The maximum Gasteiger partial charge on any atom is 0.112 e. The van der Waals surface area contributed by atoms with E-state index in [1.54, 1.807) is 0 Å². The Hall–Kier alpha value is -2.26. The zero-order valence-corrected chi connectivity index (χ0v) is 12.0. The number of rotatable bonds is 0. The normalized spacial score (nSPS) is 13.6. The summed E-state index contributed by atoms with van der Waals surface area (Å²) in [5, 5.41) is 7.84. The molecule has 0 radical (unpaired) electrons. The first-order valence-electron chi connectivity index (χ1n) is 7.08. The van der Waals surface area contributed by atoms with Crippen molar-refractivity contribution in [2.24, 2.45) is 0 Å². The van der Waals surface area contributed by atoms with Crippen molar-refractivity contribution < 1.29 is 0 Å². The van der Waals surface area contributed by atoms with Crippen LogP contribution < -0.4 is 0 Å². The molecule has 0 aliphatic carbocycles. The summed E-state index contributed by atoms with van der Waals surface area (Å²) in [6, 6.07) is 14.5. The zero-order valence-electron chi connectivity index (χ0n) is 11.2. The van der Waals surface area contributed by atoms with Gasteiger partial charge in [0, 0.05) is 22.8 Å². The molecule has 2 aromatic heterocycles. The molecule has 4 aromatic rings. The maximum atomic E-state index is 6.30. The Kier molecular flexibility index (Phi) is 2.11. The van der Waals surface area contributed by atoms with Crippen molar-refractivity contribution in [1.82, 2.24) is 14.8 Å². The minimum absolute atomic E-state index is 0.715. The number of para-hydroxylation sites is 1. The topological polar surface area (TPSA) is 33.6 Å². The predicted octanol–water partition coefficient (Wildman–Crippen LogP) is 4.39. The number of fused-ring (bicyclic) bond motifs is 7. The van der Waals surface area contributed by atoms with E-state index in [0.29, 0.717) is 5.02 Å². The highest BCUT2D eigenvalue weighted by Gasteiger charge is 2.24. The van der Waals surface area contributed by atoms with Gasteiger partial charge >= 0.3 is 0 Å². The number of nitrogens with zero attached hydrogens (tertiary/aromatic N) is 2. The molecule has 0 spiro atoms. The fourth-order valence-corrected chi connectivity index (χ4v) is 3.64. The van der Waals surface area contributed by atoms with Crippen LogP contribution in [0.5, 0.6) is 0 Å². The average Bonchev–Trinajstić information content (AvgIpc) is 3.05. The van der Waals surface area contributed by atoms with Crippen molar-refractivity contribution in [1.29, 1.82) is 0 Å². The predicted molar refractivity (Wildman–Crippen MR) is 85.7 cm³/mol. The van der Waals surface area contributed by atoms with Gasteiger partial charge < -0.3 is 4.98 Å². The van der Waals surface area contributed by atoms with Crippen LogP contribution >= 0.6 is 11.6 Å². The molecule has 0 amide bonds.